The Morgan fingerprint density at radius 3 is 2.47 bits per heavy atom. The molecule has 4 N–H and O–H groups in total. The van der Waals surface area contributed by atoms with Crippen molar-refractivity contribution < 1.29 is 23.7 Å². The van der Waals surface area contributed by atoms with Crippen molar-refractivity contribution in [2.45, 2.75) is 43.1 Å². The molecule has 0 aliphatic rings. The molecule has 0 amide bonds. The molecule has 0 aliphatic carbocycles. The molecule has 0 aliphatic heterocycles. The number of carbonyl (C=O) groups excluding carboxylic acids is 1. The fourth-order valence-electron chi connectivity index (χ4n) is 3.36. The summed E-state index contributed by atoms with van der Waals surface area (Å²) >= 11 is 0. The maximum Gasteiger partial charge on any atom is 0.163 e. The van der Waals surface area contributed by atoms with E-state index in [0.717, 1.165) is 12.0 Å². The van der Waals surface area contributed by atoms with E-state index in [9.17, 15) is 14.5 Å². The molecule has 3 aromatic rings. The van der Waals surface area contributed by atoms with Crippen molar-refractivity contribution in [1.29, 1.82) is 5.26 Å². The average Bonchev–Trinajstić information content (AvgIpc) is 2.79. The fraction of sp³-hybridized carbons (Fsp3) is 0.200. The van der Waals surface area contributed by atoms with Crippen LogP contribution in [0.15, 0.2) is 70.5 Å². The number of carbonyl (C=O) groups is 1. The van der Waals surface area contributed by atoms with Crippen LogP contribution in [0.5, 0.6) is 11.5 Å². The number of Topliss-reactive ketones (excluding diaryl/α,β-unsaturated/α-hetero) is 1. The van der Waals surface area contributed by atoms with Crippen molar-refractivity contribution >= 4 is 16.4 Å². The van der Waals surface area contributed by atoms with Crippen molar-refractivity contribution in [3.05, 3.63) is 82.9 Å². The van der Waals surface area contributed by atoms with Crippen LogP contribution >= 0.6 is 10.6 Å². The smallest absolute Gasteiger partial charge is 0.163 e. The molecule has 0 fully saturated rings. The summed E-state index contributed by atoms with van der Waals surface area (Å²) in [6, 6.07) is 18.7. The molecule has 0 saturated carbocycles. The molecule has 0 saturated heterocycles. The average molecular weight is 453 g/mol. The number of ketones is 1. The van der Waals surface area contributed by atoms with Crippen molar-refractivity contribution in [2.24, 2.45) is 0 Å². The van der Waals surface area contributed by atoms with Crippen molar-refractivity contribution in [1.82, 2.24) is 0 Å². The molecular formula is C25H26NO5S+. The molecule has 6 nitrogen and oxygen atoms in total. The van der Waals surface area contributed by atoms with Gasteiger partial charge in [-0.2, -0.15) is 5.26 Å². The van der Waals surface area contributed by atoms with Gasteiger partial charge < -0.3 is 14.4 Å². The first-order valence-corrected chi connectivity index (χ1v) is 11.7. The summed E-state index contributed by atoms with van der Waals surface area (Å²) in [5.74, 6) is 0.289. The third-order valence-electron chi connectivity index (χ3n) is 5.08. The number of aromatic hydroxyl groups is 1. The first-order chi connectivity index (χ1) is 15.3. The number of phenols is 1. The lowest BCUT2D eigenvalue weighted by molar-refractivity contribution is 0.101. The van der Waals surface area contributed by atoms with Crippen molar-refractivity contribution in [3.8, 4) is 17.6 Å². The second-order valence-corrected chi connectivity index (χ2v) is 9.50. The summed E-state index contributed by atoms with van der Waals surface area (Å²) in [7, 11) is -2.99. The van der Waals surface area contributed by atoms with E-state index in [1.165, 1.54) is 13.0 Å². The van der Waals surface area contributed by atoms with Crippen LogP contribution in [-0.4, -0.2) is 20.0 Å². The van der Waals surface area contributed by atoms with Gasteiger partial charge in [0.1, 0.15) is 27.9 Å². The van der Waals surface area contributed by atoms with Gasteiger partial charge in [0.25, 0.3) is 0 Å². The third-order valence-corrected chi connectivity index (χ3v) is 6.97. The number of ether oxygens (including phenoxy) is 1. The van der Waals surface area contributed by atoms with E-state index in [4.69, 9.17) is 14.6 Å². The third kappa shape index (κ3) is 4.94. The number of benzene rings is 3. The summed E-state index contributed by atoms with van der Waals surface area (Å²) < 4.78 is 25.2. The maximum atomic E-state index is 11.7. The topological polar surface area (TPSA) is 113 Å². The lowest BCUT2D eigenvalue weighted by atomic mass is 10.0. The van der Waals surface area contributed by atoms with E-state index in [-0.39, 0.29) is 23.7 Å². The van der Waals surface area contributed by atoms with Gasteiger partial charge in [-0.25, -0.2) is 0 Å². The molecular weight excluding hydrogens is 426 g/mol. The molecule has 0 bridgehead atoms. The van der Waals surface area contributed by atoms with Gasteiger partial charge in [0.2, 0.25) is 0 Å². The van der Waals surface area contributed by atoms with Crippen LogP contribution in [0.3, 0.4) is 0 Å². The van der Waals surface area contributed by atoms with Crippen LogP contribution in [0.25, 0.3) is 0 Å². The molecule has 166 valence electrons. The van der Waals surface area contributed by atoms with Crippen LogP contribution in [-0.2, 0) is 13.0 Å². The molecule has 0 heterocycles. The zero-order chi connectivity index (χ0) is 23.3. The van der Waals surface area contributed by atoms with Crippen LogP contribution < -0.4 is 4.74 Å². The van der Waals surface area contributed by atoms with Gasteiger partial charge in [0, 0.05) is 5.56 Å². The Labute approximate surface area is 189 Å². The Balaban J connectivity index is 1.79. The summed E-state index contributed by atoms with van der Waals surface area (Å²) in [5, 5.41) is 19.5. The van der Waals surface area contributed by atoms with E-state index in [1.807, 2.05) is 13.0 Å². The molecule has 1 unspecified atom stereocenters. The SMILES string of the molecule is CCCc1c(OCc2ccc(S(O)([OH2+])c3cccc(C#N)c3)cc2)ccc(C(C)=O)c1O. The standard InChI is InChI=1S/C25H25NO5S/c1-3-5-23-24(13-12-22(17(2)27)25(23)28)31-16-18-8-10-20(11-9-18)32(29,30)21-7-4-6-19(14-21)15-26/h4,6-14,28-30H,3,5,16H2,1-2H3/p+1. The number of hydrogen-bond donors (Lipinski definition) is 2. The highest BCUT2D eigenvalue weighted by atomic mass is 32.3. The lowest BCUT2D eigenvalue weighted by Gasteiger charge is -2.28. The Bertz CT molecular complexity index is 1170. The highest BCUT2D eigenvalue weighted by Crippen LogP contribution is 2.55. The minimum Gasteiger partial charge on any atom is -0.507 e. The summed E-state index contributed by atoms with van der Waals surface area (Å²) in [6.45, 7) is 3.63. The van der Waals surface area contributed by atoms with Crippen LogP contribution in [0, 0.1) is 11.3 Å². The monoisotopic (exact) mass is 452 g/mol. The van der Waals surface area contributed by atoms with Gasteiger partial charge in [-0.1, -0.05) is 42.1 Å². The zero-order valence-electron chi connectivity index (χ0n) is 18.0. The highest BCUT2D eigenvalue weighted by Gasteiger charge is 2.23. The summed E-state index contributed by atoms with van der Waals surface area (Å²) in [4.78, 5) is 12.6. The van der Waals surface area contributed by atoms with E-state index < -0.39 is 10.6 Å². The normalized spacial score (nSPS) is 13.6. The molecule has 7 heteroatoms. The number of rotatable bonds is 8. The van der Waals surface area contributed by atoms with E-state index >= 15 is 0 Å². The second kappa shape index (κ2) is 9.88. The van der Waals surface area contributed by atoms with Crippen LogP contribution in [0.4, 0.5) is 0 Å². The predicted molar refractivity (Wildman–Crippen MR) is 124 cm³/mol. The molecule has 3 aromatic carbocycles. The molecule has 32 heavy (non-hydrogen) atoms. The second-order valence-electron chi connectivity index (χ2n) is 7.40. The summed E-state index contributed by atoms with van der Waals surface area (Å²) in [6.07, 6.45) is 1.37. The number of phenolic OH excluding ortho intramolecular Hbond substituents is 1. The number of hydrogen-bond acceptors (Lipinski definition) is 5. The van der Waals surface area contributed by atoms with Gasteiger partial charge in [0.15, 0.2) is 5.78 Å². The van der Waals surface area contributed by atoms with Crippen molar-refractivity contribution in [3.63, 3.8) is 0 Å². The summed E-state index contributed by atoms with van der Waals surface area (Å²) in [5.41, 5.74) is 2.11. The number of nitrogens with zero attached hydrogens (tertiary/aromatic N) is 1. The lowest BCUT2D eigenvalue weighted by Crippen LogP contribution is -2.03. The number of nitriles is 1. The molecule has 0 spiro atoms. The first kappa shape index (κ1) is 23.4. The van der Waals surface area contributed by atoms with E-state index in [2.05, 4.69) is 0 Å². The van der Waals surface area contributed by atoms with E-state index in [1.54, 1.807) is 54.6 Å². The quantitative estimate of drug-likeness (QED) is 0.354. The van der Waals surface area contributed by atoms with Crippen LogP contribution in [0.1, 0.15) is 47.3 Å². The van der Waals surface area contributed by atoms with Gasteiger partial charge >= 0.3 is 0 Å². The highest BCUT2D eigenvalue weighted by molar-refractivity contribution is 8.24. The molecule has 3 rings (SSSR count). The zero-order valence-corrected chi connectivity index (χ0v) is 18.8. The minimum absolute atomic E-state index is 0.0327. The molecule has 0 radical (unpaired) electrons. The van der Waals surface area contributed by atoms with Crippen molar-refractivity contribution in [2.75, 3.05) is 0 Å². The van der Waals surface area contributed by atoms with Gasteiger partial charge in [0.05, 0.1) is 17.2 Å². The minimum atomic E-state index is -2.99. The van der Waals surface area contributed by atoms with E-state index in [0.29, 0.717) is 33.1 Å². The Hall–Kier alpha value is -3.31. The van der Waals surface area contributed by atoms with Gasteiger partial charge in [-0.3, -0.25) is 9.35 Å². The Morgan fingerprint density at radius 1 is 1.12 bits per heavy atom. The molecule has 1 atom stereocenters. The first-order valence-electron chi connectivity index (χ1n) is 10.2. The predicted octanol–water partition coefficient (Wildman–Crippen LogP) is 5.33. The Kier molecular flexibility index (Phi) is 7.21. The Morgan fingerprint density at radius 2 is 1.84 bits per heavy atom. The molecule has 0 aromatic heterocycles. The van der Waals surface area contributed by atoms with Gasteiger partial charge in [-0.05, 0) is 61.4 Å². The van der Waals surface area contributed by atoms with Gasteiger partial charge in [-0.15, -0.1) is 0 Å². The maximum absolute atomic E-state index is 11.7. The largest absolute Gasteiger partial charge is 0.507 e. The van der Waals surface area contributed by atoms with Crippen LogP contribution in [0.2, 0.25) is 0 Å². The fourth-order valence-corrected chi connectivity index (χ4v) is 4.73.